The van der Waals surface area contributed by atoms with Crippen molar-refractivity contribution in [1.82, 2.24) is 15.5 Å². The molecule has 1 aromatic carbocycles. The number of methoxy groups -OCH3 is 1. The minimum atomic E-state index is -0.846. The first kappa shape index (κ1) is 28.0. The lowest BCUT2D eigenvalue weighted by Gasteiger charge is -2.52. The fraction of sp³-hybridized carbons (Fsp3) is 0.714. The Labute approximate surface area is 225 Å². The monoisotopic (exact) mass is 535 g/mol. The Morgan fingerprint density at radius 3 is 2.73 bits per heavy atom. The van der Waals surface area contributed by atoms with Crippen molar-refractivity contribution in [3.63, 3.8) is 0 Å². The maximum Gasteiger partial charge on any atom is 0.407 e. The predicted molar refractivity (Wildman–Crippen MR) is 143 cm³/mol. The highest BCUT2D eigenvalue weighted by molar-refractivity contribution is 6.30. The van der Waals surface area contributed by atoms with Crippen LogP contribution < -0.4 is 10.6 Å². The van der Waals surface area contributed by atoms with E-state index in [4.69, 9.17) is 16.3 Å². The second-order valence-electron chi connectivity index (χ2n) is 11.0. The van der Waals surface area contributed by atoms with E-state index in [1.807, 2.05) is 24.3 Å². The summed E-state index contributed by atoms with van der Waals surface area (Å²) in [6.45, 7) is 2.89. The maximum absolute atomic E-state index is 12.7. The molecule has 8 nitrogen and oxygen atoms in total. The van der Waals surface area contributed by atoms with Crippen LogP contribution in [0, 0.1) is 17.3 Å². The molecule has 0 radical (unpaired) electrons. The van der Waals surface area contributed by atoms with Gasteiger partial charge in [0.2, 0.25) is 0 Å². The van der Waals surface area contributed by atoms with Crippen molar-refractivity contribution in [3.05, 3.63) is 34.9 Å². The summed E-state index contributed by atoms with van der Waals surface area (Å²) >= 11 is 6.40. The number of nitrogens with zero attached hydrogens (tertiary/aromatic N) is 1. The molecule has 3 fully saturated rings. The average Bonchev–Trinajstić information content (AvgIpc) is 3.37. The molecule has 37 heavy (non-hydrogen) atoms. The lowest BCUT2D eigenvalue weighted by Crippen LogP contribution is -2.59. The number of rotatable bonds is 9. The molecule has 2 aliphatic heterocycles. The predicted octanol–water partition coefficient (Wildman–Crippen LogP) is 5.46. The van der Waals surface area contributed by atoms with E-state index in [1.165, 1.54) is 39.2 Å². The lowest BCUT2D eigenvalue weighted by atomic mass is 9.63. The van der Waals surface area contributed by atoms with Crippen LogP contribution in [0.15, 0.2) is 24.3 Å². The number of benzene rings is 1. The van der Waals surface area contributed by atoms with Crippen LogP contribution in [0.2, 0.25) is 5.02 Å². The van der Waals surface area contributed by atoms with E-state index in [0.717, 1.165) is 44.3 Å². The second kappa shape index (κ2) is 13.2. The molecule has 0 bridgehead atoms. The van der Waals surface area contributed by atoms with Crippen molar-refractivity contribution in [1.29, 1.82) is 0 Å². The topological polar surface area (TPSA) is 100 Å². The number of carbonyl (C=O) groups excluding carboxylic acids is 1. The highest BCUT2D eigenvalue weighted by Crippen LogP contribution is 2.50. The van der Waals surface area contributed by atoms with Gasteiger partial charge in [-0.3, -0.25) is 0 Å². The van der Waals surface area contributed by atoms with Crippen LogP contribution in [0.25, 0.3) is 0 Å². The van der Waals surface area contributed by atoms with Gasteiger partial charge in [-0.05, 0) is 55.8 Å². The van der Waals surface area contributed by atoms with Gasteiger partial charge < -0.3 is 30.1 Å². The number of ether oxygens (including phenoxy) is 2. The summed E-state index contributed by atoms with van der Waals surface area (Å²) in [5.74, 6) is 0.617. The number of nitrogens with one attached hydrogen (secondary N) is 2. The van der Waals surface area contributed by atoms with Crippen LogP contribution in [0.5, 0.6) is 0 Å². The van der Waals surface area contributed by atoms with Gasteiger partial charge >= 0.3 is 12.2 Å². The molecule has 1 aliphatic carbocycles. The van der Waals surface area contributed by atoms with E-state index >= 15 is 0 Å². The summed E-state index contributed by atoms with van der Waals surface area (Å²) in [4.78, 5) is 25.9. The van der Waals surface area contributed by atoms with Crippen LogP contribution in [-0.4, -0.2) is 68.1 Å². The summed E-state index contributed by atoms with van der Waals surface area (Å²) in [5.41, 5.74) is 0.822. The Bertz CT molecular complexity index is 904. The van der Waals surface area contributed by atoms with Crippen LogP contribution in [0.3, 0.4) is 0 Å². The second-order valence-corrected chi connectivity index (χ2v) is 11.4. The van der Waals surface area contributed by atoms with Gasteiger partial charge in [0.05, 0.1) is 19.8 Å². The van der Waals surface area contributed by atoms with Crippen molar-refractivity contribution >= 4 is 23.8 Å². The summed E-state index contributed by atoms with van der Waals surface area (Å²) < 4.78 is 11.2. The van der Waals surface area contributed by atoms with Gasteiger partial charge in [-0.1, -0.05) is 55.8 Å². The van der Waals surface area contributed by atoms with Crippen molar-refractivity contribution in [2.75, 3.05) is 39.9 Å². The minimum Gasteiger partial charge on any atom is -0.465 e. The van der Waals surface area contributed by atoms with E-state index in [2.05, 4.69) is 15.4 Å². The zero-order valence-corrected chi connectivity index (χ0v) is 22.7. The Hall–Kier alpha value is -2.03. The van der Waals surface area contributed by atoms with Crippen LogP contribution >= 0.6 is 11.6 Å². The molecule has 206 valence electrons. The smallest absolute Gasteiger partial charge is 0.407 e. The summed E-state index contributed by atoms with van der Waals surface area (Å²) in [6.07, 6.45) is 8.33. The molecule has 2 saturated heterocycles. The standard InChI is InChI=1S/C28H42ClN3O5/c1-36-26(33)31-14-16-37-24(21-9-5-10-22(29)17-21)23-11-6-15-32(27(34)35)25(23)28(12-13-30-19-28)18-20-7-3-2-4-8-20/h5,9-10,17,20,23-25,30H,2-4,6-8,11-16,18-19H2,1H3,(H,31,33)(H,34,35)/t23?,24-,25+,28-/m0/s1. The first-order chi connectivity index (χ1) is 17.9. The van der Waals surface area contributed by atoms with Gasteiger partial charge in [-0.2, -0.15) is 0 Å². The molecule has 3 aliphatic rings. The molecule has 3 N–H and O–H groups in total. The first-order valence-corrected chi connectivity index (χ1v) is 14.2. The number of hydrogen-bond donors (Lipinski definition) is 3. The fourth-order valence-electron chi connectivity index (χ4n) is 7.18. The number of alkyl carbamates (subject to hydrolysis) is 1. The number of amides is 2. The molecule has 4 atom stereocenters. The van der Waals surface area contributed by atoms with Crippen molar-refractivity contribution in [3.8, 4) is 0 Å². The van der Waals surface area contributed by atoms with Crippen molar-refractivity contribution < 1.29 is 24.2 Å². The Kier molecular flexibility index (Phi) is 9.96. The van der Waals surface area contributed by atoms with Crippen LogP contribution in [0.4, 0.5) is 9.59 Å². The fourth-order valence-corrected chi connectivity index (χ4v) is 7.38. The summed E-state index contributed by atoms with van der Waals surface area (Å²) in [7, 11) is 1.33. The molecule has 2 heterocycles. The largest absolute Gasteiger partial charge is 0.465 e. The summed E-state index contributed by atoms with van der Waals surface area (Å²) in [5, 5.41) is 17.3. The van der Waals surface area contributed by atoms with E-state index in [9.17, 15) is 14.7 Å². The molecule has 1 saturated carbocycles. The molecule has 1 aromatic rings. The third kappa shape index (κ3) is 6.89. The molecule has 1 unspecified atom stereocenters. The zero-order valence-electron chi connectivity index (χ0n) is 21.9. The van der Waals surface area contributed by atoms with Gasteiger partial charge in [0.25, 0.3) is 0 Å². The quantitative estimate of drug-likeness (QED) is 0.363. The van der Waals surface area contributed by atoms with E-state index in [1.54, 1.807) is 4.90 Å². The summed E-state index contributed by atoms with van der Waals surface area (Å²) in [6, 6.07) is 7.55. The van der Waals surface area contributed by atoms with Gasteiger partial charge in [0.1, 0.15) is 0 Å². The highest BCUT2D eigenvalue weighted by Gasteiger charge is 2.53. The van der Waals surface area contributed by atoms with Gasteiger partial charge in [-0.15, -0.1) is 0 Å². The number of piperidine rings is 1. The molecule has 0 aromatic heterocycles. The zero-order chi connectivity index (χ0) is 26.3. The van der Waals surface area contributed by atoms with E-state index in [0.29, 0.717) is 24.0 Å². The lowest BCUT2D eigenvalue weighted by molar-refractivity contribution is -0.0775. The van der Waals surface area contributed by atoms with Crippen LogP contribution in [-0.2, 0) is 9.47 Å². The highest BCUT2D eigenvalue weighted by atomic mass is 35.5. The molecular formula is C28H42ClN3O5. The average molecular weight is 536 g/mol. The molecule has 0 spiro atoms. The third-order valence-electron chi connectivity index (χ3n) is 8.67. The number of likely N-dealkylation sites (tertiary alicyclic amines) is 1. The normalized spacial score (nSPS) is 27.6. The molecular weight excluding hydrogens is 494 g/mol. The number of halogens is 1. The number of carboxylic acid groups (broad SMARTS) is 1. The maximum atomic E-state index is 12.7. The molecule has 2 amide bonds. The molecule has 9 heteroatoms. The van der Waals surface area contributed by atoms with Gasteiger partial charge in [0, 0.05) is 42.0 Å². The number of hydrogen-bond acceptors (Lipinski definition) is 5. The van der Waals surface area contributed by atoms with Gasteiger partial charge in [0.15, 0.2) is 0 Å². The number of carbonyl (C=O) groups is 2. The third-order valence-corrected chi connectivity index (χ3v) is 8.90. The first-order valence-electron chi connectivity index (χ1n) is 13.8. The van der Waals surface area contributed by atoms with Crippen molar-refractivity contribution in [2.45, 2.75) is 69.9 Å². The Morgan fingerprint density at radius 1 is 1.24 bits per heavy atom. The Morgan fingerprint density at radius 2 is 2.05 bits per heavy atom. The van der Waals surface area contributed by atoms with Crippen LogP contribution in [0.1, 0.15) is 69.5 Å². The van der Waals surface area contributed by atoms with E-state index < -0.39 is 12.2 Å². The van der Waals surface area contributed by atoms with Gasteiger partial charge in [-0.25, -0.2) is 9.59 Å². The minimum absolute atomic E-state index is 0.0232. The SMILES string of the molecule is COC(=O)NCCO[C@@H](c1cccc(Cl)c1)C1CCCN(C(=O)O)[C@H]1[C@]1(CC2CCCCC2)CCNC1. The molecule has 4 rings (SSSR count). The van der Waals surface area contributed by atoms with Crippen molar-refractivity contribution in [2.24, 2.45) is 17.3 Å². The Balaban J connectivity index is 1.67. The van der Waals surface area contributed by atoms with E-state index in [-0.39, 0.29) is 30.1 Å².